The van der Waals surface area contributed by atoms with Crippen LogP contribution >= 0.6 is 22.6 Å². The van der Waals surface area contributed by atoms with Gasteiger partial charge in [-0.2, -0.15) is 5.10 Å². The van der Waals surface area contributed by atoms with E-state index in [9.17, 15) is 4.79 Å². The van der Waals surface area contributed by atoms with Crippen LogP contribution in [0.2, 0.25) is 0 Å². The van der Waals surface area contributed by atoms with Gasteiger partial charge >= 0.3 is 0 Å². The van der Waals surface area contributed by atoms with Crippen LogP contribution < -0.4 is 5.32 Å². The summed E-state index contributed by atoms with van der Waals surface area (Å²) in [7, 11) is 0. The number of rotatable bonds is 4. The summed E-state index contributed by atoms with van der Waals surface area (Å²) in [4.78, 5) is 15.4. The number of benzene rings is 1. The summed E-state index contributed by atoms with van der Waals surface area (Å²) in [5.41, 5.74) is 1.53. The summed E-state index contributed by atoms with van der Waals surface area (Å²) in [5.74, 6) is -0.0425. The maximum Gasteiger partial charge on any atom is 0.251 e. The highest BCUT2D eigenvalue weighted by Crippen LogP contribution is 2.31. The number of halogens is 1. The molecule has 4 rings (SSSR count). The Bertz CT molecular complexity index is 839. The molecule has 2 atom stereocenters. The lowest BCUT2D eigenvalue weighted by atomic mass is 9.86. The molecule has 2 aliphatic heterocycles. The third-order valence-corrected chi connectivity index (χ3v) is 6.69. The van der Waals surface area contributed by atoms with Gasteiger partial charge in [0.25, 0.3) is 5.91 Å². The Balaban J connectivity index is 1.50. The van der Waals surface area contributed by atoms with E-state index in [1.54, 1.807) is 0 Å². The number of carbonyl (C=O) groups excluding carboxylic acids is 1. The molecule has 8 heteroatoms. The molecule has 3 heterocycles. The second-order valence-electron chi connectivity index (χ2n) is 7.96. The number of amides is 1. The van der Waals surface area contributed by atoms with E-state index in [1.807, 2.05) is 18.2 Å². The number of H-pyrrole nitrogens is 1. The first-order valence-corrected chi connectivity index (χ1v) is 10.9. The molecule has 1 amide bonds. The molecule has 0 saturated carbocycles. The maximum atomic E-state index is 12.9. The Morgan fingerprint density at radius 1 is 1.32 bits per heavy atom. The maximum absolute atomic E-state index is 12.9. The molecule has 2 saturated heterocycles. The quantitative estimate of drug-likeness (QED) is 0.634. The number of aromatic amines is 1. The Hall–Kier alpha value is -1.23. The van der Waals surface area contributed by atoms with Crippen molar-refractivity contribution in [2.45, 2.75) is 44.4 Å². The van der Waals surface area contributed by atoms with Crippen molar-refractivity contribution in [2.24, 2.45) is 0 Å². The van der Waals surface area contributed by atoms with Crippen LogP contribution in [-0.4, -0.2) is 71.6 Å². The number of nitrogens with zero attached hydrogens (tertiary/aromatic N) is 2. The zero-order chi connectivity index (χ0) is 19.7. The van der Waals surface area contributed by atoms with Gasteiger partial charge in [0.1, 0.15) is 3.70 Å². The summed E-state index contributed by atoms with van der Waals surface area (Å²) < 4.78 is 12.4. The van der Waals surface area contributed by atoms with Crippen LogP contribution in [0, 0.1) is 3.70 Å². The molecule has 0 radical (unpaired) electrons. The molecular formula is C20H27IN4O3. The number of morpholine rings is 1. The summed E-state index contributed by atoms with van der Waals surface area (Å²) in [6.45, 7) is 8.10. The molecule has 2 fully saturated rings. The van der Waals surface area contributed by atoms with Crippen molar-refractivity contribution in [3.05, 3.63) is 27.5 Å². The van der Waals surface area contributed by atoms with Gasteiger partial charge in [0.2, 0.25) is 0 Å². The Kier molecular flexibility index (Phi) is 5.91. The lowest BCUT2D eigenvalue weighted by Crippen LogP contribution is -2.63. The van der Waals surface area contributed by atoms with Gasteiger partial charge in [-0.15, -0.1) is 0 Å². The Morgan fingerprint density at radius 3 is 2.75 bits per heavy atom. The third-order valence-electron chi connectivity index (χ3n) is 5.87. The molecule has 1 aromatic carbocycles. The van der Waals surface area contributed by atoms with Crippen LogP contribution in [0.3, 0.4) is 0 Å². The summed E-state index contributed by atoms with van der Waals surface area (Å²) >= 11 is 2.18. The Morgan fingerprint density at radius 2 is 2.04 bits per heavy atom. The van der Waals surface area contributed by atoms with Crippen LogP contribution in [0.15, 0.2) is 18.2 Å². The van der Waals surface area contributed by atoms with E-state index in [0.29, 0.717) is 12.1 Å². The van der Waals surface area contributed by atoms with E-state index in [-0.39, 0.29) is 23.7 Å². The number of hydrogen-bond donors (Lipinski definition) is 2. The summed E-state index contributed by atoms with van der Waals surface area (Å²) in [6.07, 6.45) is 2.24. The fourth-order valence-corrected chi connectivity index (χ4v) is 4.96. The molecule has 28 heavy (non-hydrogen) atoms. The van der Waals surface area contributed by atoms with E-state index in [1.165, 1.54) is 0 Å². The molecule has 7 nitrogen and oxygen atoms in total. The molecule has 1 aromatic heterocycles. The van der Waals surface area contributed by atoms with Crippen LogP contribution in [0.1, 0.15) is 37.0 Å². The molecule has 2 unspecified atom stereocenters. The lowest BCUT2D eigenvalue weighted by Gasteiger charge is -2.50. The molecule has 2 aliphatic rings. The van der Waals surface area contributed by atoms with E-state index in [2.05, 4.69) is 56.9 Å². The van der Waals surface area contributed by atoms with Crippen molar-refractivity contribution < 1.29 is 14.3 Å². The highest BCUT2D eigenvalue weighted by molar-refractivity contribution is 14.1. The highest BCUT2D eigenvalue weighted by Gasteiger charge is 2.41. The minimum atomic E-state index is -0.0750. The Labute approximate surface area is 178 Å². The van der Waals surface area contributed by atoms with E-state index < -0.39 is 0 Å². The lowest BCUT2D eigenvalue weighted by molar-refractivity contribution is -0.122. The molecule has 0 bridgehead atoms. The first kappa shape index (κ1) is 20.1. The predicted molar refractivity (Wildman–Crippen MR) is 116 cm³/mol. The van der Waals surface area contributed by atoms with Crippen molar-refractivity contribution >= 4 is 39.4 Å². The minimum absolute atomic E-state index is 0.0425. The van der Waals surface area contributed by atoms with E-state index in [0.717, 1.165) is 53.7 Å². The van der Waals surface area contributed by atoms with Gasteiger partial charge in [0, 0.05) is 49.3 Å². The topological polar surface area (TPSA) is 79.5 Å². The molecule has 0 spiro atoms. The first-order chi connectivity index (χ1) is 13.5. The fraction of sp³-hybridized carbons (Fsp3) is 0.600. The van der Waals surface area contributed by atoms with E-state index in [4.69, 9.17) is 9.47 Å². The summed E-state index contributed by atoms with van der Waals surface area (Å²) in [5, 5.41) is 11.4. The van der Waals surface area contributed by atoms with Crippen molar-refractivity contribution in [1.82, 2.24) is 20.4 Å². The molecule has 2 aromatic rings. The van der Waals surface area contributed by atoms with E-state index >= 15 is 0 Å². The molecule has 0 aliphatic carbocycles. The van der Waals surface area contributed by atoms with Crippen LogP contribution in [0.5, 0.6) is 0 Å². The number of hydrogen-bond acceptors (Lipinski definition) is 5. The summed E-state index contributed by atoms with van der Waals surface area (Å²) in [6, 6.07) is 5.67. The number of ether oxygens (including phenoxy) is 2. The largest absolute Gasteiger partial charge is 0.381 e. The van der Waals surface area contributed by atoms with Crippen molar-refractivity contribution in [2.75, 3.05) is 32.8 Å². The minimum Gasteiger partial charge on any atom is -0.381 e. The second kappa shape index (κ2) is 8.25. The number of fused-ring (bicyclic) bond motifs is 1. The molecule has 2 N–H and O–H groups in total. The fourth-order valence-electron chi connectivity index (χ4n) is 4.39. The van der Waals surface area contributed by atoms with Gasteiger partial charge in [0.05, 0.1) is 17.7 Å². The standard InChI is InChI=1S/C20H27IN4O3/c1-13-10-25(11-14(2)28-13)20(5-7-27-8-6-20)12-22-19(26)15-3-4-17-16(9-15)18(21)24-23-17/h3-4,9,13-14H,5-8,10-12H2,1-2H3,(H,22,26)(H,23,24). The number of carbonyl (C=O) groups is 1. The monoisotopic (exact) mass is 498 g/mol. The third kappa shape index (κ3) is 4.05. The van der Waals surface area contributed by atoms with Crippen molar-refractivity contribution in [3.63, 3.8) is 0 Å². The second-order valence-corrected chi connectivity index (χ2v) is 8.98. The molecular weight excluding hydrogens is 471 g/mol. The number of nitrogens with one attached hydrogen (secondary N) is 2. The highest BCUT2D eigenvalue weighted by atomic mass is 127. The van der Waals surface area contributed by atoms with Gasteiger partial charge in [-0.05, 0) is 67.5 Å². The SMILES string of the molecule is CC1CN(C2(CNC(=O)c3ccc4[nH]nc(I)c4c3)CCOCC2)CC(C)O1. The van der Waals surface area contributed by atoms with Crippen molar-refractivity contribution in [1.29, 1.82) is 0 Å². The van der Waals surface area contributed by atoms with Gasteiger partial charge in [0.15, 0.2) is 0 Å². The van der Waals surface area contributed by atoms with Gasteiger partial charge < -0.3 is 14.8 Å². The first-order valence-electron chi connectivity index (χ1n) is 9.87. The smallest absolute Gasteiger partial charge is 0.251 e. The van der Waals surface area contributed by atoms with Gasteiger partial charge in [-0.3, -0.25) is 14.8 Å². The average molecular weight is 498 g/mol. The number of aromatic nitrogens is 2. The van der Waals surface area contributed by atoms with Crippen LogP contribution in [-0.2, 0) is 9.47 Å². The van der Waals surface area contributed by atoms with Crippen LogP contribution in [0.4, 0.5) is 0 Å². The predicted octanol–water partition coefficient (Wildman–Crippen LogP) is 2.56. The average Bonchev–Trinajstić information content (AvgIpc) is 3.06. The normalized spacial score (nSPS) is 25.7. The van der Waals surface area contributed by atoms with Crippen LogP contribution in [0.25, 0.3) is 10.9 Å². The van der Waals surface area contributed by atoms with Gasteiger partial charge in [-0.25, -0.2) is 0 Å². The molecule has 152 valence electrons. The zero-order valence-corrected chi connectivity index (χ0v) is 18.5. The zero-order valence-electron chi connectivity index (χ0n) is 16.3. The van der Waals surface area contributed by atoms with Gasteiger partial charge in [-0.1, -0.05) is 0 Å². The van der Waals surface area contributed by atoms with Crippen molar-refractivity contribution in [3.8, 4) is 0 Å².